The van der Waals surface area contributed by atoms with Crippen LogP contribution in [0.2, 0.25) is 10.0 Å². The van der Waals surface area contributed by atoms with Crippen molar-refractivity contribution in [1.29, 1.82) is 0 Å². The van der Waals surface area contributed by atoms with E-state index in [-0.39, 0.29) is 18.9 Å². The summed E-state index contributed by atoms with van der Waals surface area (Å²) in [4.78, 5) is 27.1. The number of aliphatic hydroxyl groups excluding tert-OH is 1. The van der Waals surface area contributed by atoms with Crippen LogP contribution in [-0.4, -0.2) is 47.7 Å². The maximum Gasteiger partial charge on any atom is 0.308 e. The molecule has 1 aliphatic rings. The van der Waals surface area contributed by atoms with Crippen molar-refractivity contribution in [3.8, 4) is 0 Å². The summed E-state index contributed by atoms with van der Waals surface area (Å²) in [6.07, 6.45) is -1.36. The van der Waals surface area contributed by atoms with Gasteiger partial charge in [0.15, 0.2) is 0 Å². The van der Waals surface area contributed by atoms with Crippen LogP contribution in [0.1, 0.15) is 43.0 Å². The third-order valence-electron chi connectivity index (χ3n) is 5.47. The predicted molar refractivity (Wildman–Crippen MR) is 118 cm³/mol. The maximum absolute atomic E-state index is 13.5. The molecule has 1 N–H and O–H groups in total. The fraction of sp³-hybridized carbons (Fsp3) is 0.391. The number of halogens is 2. The smallest absolute Gasteiger partial charge is 0.308 e. The van der Waals surface area contributed by atoms with Crippen molar-refractivity contribution in [3.05, 3.63) is 69.7 Å². The van der Waals surface area contributed by atoms with E-state index in [0.29, 0.717) is 16.5 Å². The van der Waals surface area contributed by atoms with Crippen molar-refractivity contribution in [2.24, 2.45) is 0 Å². The SMILES string of the molecule is CCC(CO)N1C(=O)[C@@H](CC(=O)OC)O[C@H](c2cccc(Cl)c2)[C@H]1c1ccc(Cl)cc1. The Morgan fingerprint density at radius 2 is 1.87 bits per heavy atom. The van der Waals surface area contributed by atoms with E-state index in [0.717, 1.165) is 11.1 Å². The Kier molecular flexibility index (Phi) is 7.94. The minimum absolute atomic E-state index is 0.223. The van der Waals surface area contributed by atoms with Crippen LogP contribution in [0.25, 0.3) is 0 Å². The number of hydrogen-bond donors (Lipinski definition) is 1. The summed E-state index contributed by atoms with van der Waals surface area (Å²) < 4.78 is 11.0. The summed E-state index contributed by atoms with van der Waals surface area (Å²) in [5.74, 6) is -0.922. The number of methoxy groups -OCH3 is 1. The van der Waals surface area contributed by atoms with Crippen molar-refractivity contribution in [3.63, 3.8) is 0 Å². The molecule has 0 spiro atoms. The summed E-state index contributed by atoms with van der Waals surface area (Å²) in [5, 5.41) is 11.1. The minimum atomic E-state index is -1.04. The quantitative estimate of drug-likeness (QED) is 0.615. The number of rotatable bonds is 7. The topological polar surface area (TPSA) is 76.1 Å². The van der Waals surface area contributed by atoms with Gasteiger partial charge < -0.3 is 19.5 Å². The van der Waals surface area contributed by atoms with Crippen molar-refractivity contribution >= 4 is 35.1 Å². The van der Waals surface area contributed by atoms with Crippen LogP contribution >= 0.6 is 23.2 Å². The van der Waals surface area contributed by atoms with Gasteiger partial charge in [-0.05, 0) is 41.8 Å². The molecule has 0 radical (unpaired) electrons. The van der Waals surface area contributed by atoms with E-state index >= 15 is 0 Å². The van der Waals surface area contributed by atoms with Crippen LogP contribution in [0.4, 0.5) is 0 Å². The number of hydrogen-bond acceptors (Lipinski definition) is 5. The predicted octanol–water partition coefficient (Wildman–Crippen LogP) is 4.34. The second kappa shape index (κ2) is 10.5. The normalized spacial score (nSPS) is 22.3. The first-order chi connectivity index (χ1) is 14.9. The van der Waals surface area contributed by atoms with Gasteiger partial charge in [0.05, 0.1) is 32.2 Å². The number of aliphatic hydroxyl groups is 1. The first kappa shape index (κ1) is 23.5. The number of morpholine rings is 1. The lowest BCUT2D eigenvalue weighted by Crippen LogP contribution is -2.56. The fourth-order valence-corrected chi connectivity index (χ4v) is 4.21. The molecule has 0 bridgehead atoms. The van der Waals surface area contributed by atoms with Crippen LogP contribution < -0.4 is 0 Å². The summed E-state index contributed by atoms with van der Waals surface area (Å²) in [6.45, 7) is 1.67. The van der Waals surface area contributed by atoms with Crippen LogP contribution in [-0.2, 0) is 19.1 Å². The van der Waals surface area contributed by atoms with Gasteiger partial charge in [-0.2, -0.15) is 0 Å². The zero-order valence-corrected chi connectivity index (χ0v) is 18.8. The molecule has 2 aromatic rings. The van der Waals surface area contributed by atoms with Crippen LogP contribution in [0.3, 0.4) is 0 Å². The summed E-state index contributed by atoms with van der Waals surface area (Å²) >= 11 is 12.3. The first-order valence-corrected chi connectivity index (χ1v) is 10.8. The van der Waals surface area contributed by atoms with Gasteiger partial charge >= 0.3 is 5.97 Å². The van der Waals surface area contributed by atoms with E-state index < -0.39 is 30.3 Å². The molecular weight excluding hydrogens is 441 g/mol. The molecule has 1 saturated heterocycles. The second-order valence-electron chi connectivity index (χ2n) is 7.37. The highest BCUT2D eigenvalue weighted by atomic mass is 35.5. The van der Waals surface area contributed by atoms with Crippen molar-refractivity contribution in [1.82, 2.24) is 4.90 Å². The van der Waals surface area contributed by atoms with E-state index in [4.69, 9.17) is 32.7 Å². The molecule has 4 atom stereocenters. The van der Waals surface area contributed by atoms with Gasteiger partial charge in [0.1, 0.15) is 12.2 Å². The average molecular weight is 466 g/mol. The number of carbonyl (C=O) groups excluding carboxylic acids is 2. The maximum atomic E-state index is 13.5. The van der Waals surface area contributed by atoms with Gasteiger partial charge in [-0.3, -0.25) is 9.59 Å². The highest BCUT2D eigenvalue weighted by Crippen LogP contribution is 2.44. The van der Waals surface area contributed by atoms with Crippen LogP contribution in [0.15, 0.2) is 48.5 Å². The van der Waals surface area contributed by atoms with E-state index in [1.54, 1.807) is 35.2 Å². The van der Waals surface area contributed by atoms with Crippen molar-refractivity contribution < 1.29 is 24.2 Å². The molecule has 0 saturated carbocycles. The number of amides is 1. The Bertz CT molecular complexity index is 916. The van der Waals surface area contributed by atoms with Gasteiger partial charge in [0.25, 0.3) is 5.91 Å². The van der Waals surface area contributed by atoms with Crippen molar-refractivity contribution in [2.45, 2.75) is 44.1 Å². The molecule has 1 unspecified atom stereocenters. The number of esters is 1. The molecule has 1 fully saturated rings. The van der Waals surface area contributed by atoms with Crippen LogP contribution in [0, 0.1) is 0 Å². The Balaban J connectivity index is 2.15. The molecule has 0 aliphatic carbocycles. The van der Waals surface area contributed by atoms with E-state index in [2.05, 4.69) is 0 Å². The molecule has 8 heteroatoms. The lowest BCUT2D eigenvalue weighted by atomic mass is 9.89. The van der Waals surface area contributed by atoms with Gasteiger partial charge in [-0.25, -0.2) is 0 Å². The van der Waals surface area contributed by atoms with E-state index in [9.17, 15) is 14.7 Å². The lowest BCUT2D eigenvalue weighted by molar-refractivity contribution is -0.185. The second-order valence-corrected chi connectivity index (χ2v) is 8.24. The molecule has 0 aromatic heterocycles. The van der Waals surface area contributed by atoms with Crippen molar-refractivity contribution in [2.75, 3.05) is 13.7 Å². The summed E-state index contributed by atoms with van der Waals surface area (Å²) in [7, 11) is 1.26. The Morgan fingerprint density at radius 3 is 2.45 bits per heavy atom. The summed E-state index contributed by atoms with van der Waals surface area (Å²) in [6, 6.07) is 13.3. The van der Waals surface area contributed by atoms with Gasteiger partial charge in [-0.15, -0.1) is 0 Å². The minimum Gasteiger partial charge on any atom is -0.469 e. The number of benzene rings is 2. The average Bonchev–Trinajstić information content (AvgIpc) is 2.77. The third kappa shape index (κ3) is 5.21. The van der Waals surface area contributed by atoms with Crippen LogP contribution in [0.5, 0.6) is 0 Å². The standard InChI is InChI=1S/C23H25Cl2NO5/c1-3-18(13-27)26-21(14-7-9-16(24)10-8-14)22(15-5-4-6-17(25)11-15)31-19(23(26)29)12-20(28)30-2/h4-11,18-19,21-22,27H,3,12-13H2,1-2H3/t18?,19-,21-,22-/m1/s1. The van der Waals surface area contributed by atoms with Gasteiger partial charge in [0.2, 0.25) is 0 Å². The molecule has 6 nitrogen and oxygen atoms in total. The van der Waals surface area contributed by atoms with Gasteiger partial charge in [-0.1, -0.05) is 54.4 Å². The Hall–Kier alpha value is -2.12. The molecule has 1 aliphatic heterocycles. The summed E-state index contributed by atoms with van der Waals surface area (Å²) in [5.41, 5.74) is 1.55. The third-order valence-corrected chi connectivity index (χ3v) is 5.96. The zero-order valence-electron chi connectivity index (χ0n) is 17.3. The number of nitrogens with zero attached hydrogens (tertiary/aromatic N) is 1. The Labute approximate surface area is 191 Å². The Morgan fingerprint density at radius 1 is 1.16 bits per heavy atom. The largest absolute Gasteiger partial charge is 0.469 e. The highest BCUT2D eigenvalue weighted by molar-refractivity contribution is 6.30. The molecule has 1 amide bonds. The molecular formula is C23H25Cl2NO5. The highest BCUT2D eigenvalue weighted by Gasteiger charge is 2.47. The number of ether oxygens (including phenoxy) is 2. The monoisotopic (exact) mass is 465 g/mol. The molecule has 31 heavy (non-hydrogen) atoms. The molecule has 2 aromatic carbocycles. The fourth-order valence-electron chi connectivity index (χ4n) is 3.89. The van der Waals surface area contributed by atoms with E-state index in [1.165, 1.54) is 7.11 Å². The molecule has 3 rings (SSSR count). The zero-order chi connectivity index (χ0) is 22.5. The first-order valence-electron chi connectivity index (χ1n) is 10.1. The lowest BCUT2D eigenvalue weighted by Gasteiger charge is -2.47. The molecule has 166 valence electrons. The van der Waals surface area contributed by atoms with E-state index in [1.807, 2.05) is 25.1 Å². The molecule has 1 heterocycles. The van der Waals surface area contributed by atoms with Gasteiger partial charge in [0, 0.05) is 10.0 Å². The number of carbonyl (C=O) groups is 2.